The Kier molecular flexibility index (Phi) is 9.20. The lowest BCUT2D eigenvalue weighted by Gasteiger charge is -2.34. The van der Waals surface area contributed by atoms with Crippen molar-refractivity contribution < 1.29 is 9.31 Å². The van der Waals surface area contributed by atoms with E-state index in [-0.39, 0.29) is 30.9 Å². The van der Waals surface area contributed by atoms with Gasteiger partial charge in [-0.3, -0.25) is 15.0 Å². The Morgan fingerprint density at radius 3 is 2.59 bits per heavy atom. The first-order valence-corrected chi connectivity index (χ1v) is 6.63. The number of halogens is 3. The minimum atomic E-state index is -0.795. The molecule has 0 spiro atoms. The second-order valence-corrected chi connectivity index (χ2v) is 4.79. The molecule has 1 fully saturated rings. The summed E-state index contributed by atoms with van der Waals surface area (Å²) >= 11 is 0. The summed E-state index contributed by atoms with van der Waals surface area (Å²) in [6.07, 6.45) is 2.48. The van der Waals surface area contributed by atoms with Crippen molar-refractivity contribution in [2.45, 2.75) is 12.5 Å². The molecule has 8 heteroatoms. The molecule has 0 aliphatic carbocycles. The number of piperazine rings is 1. The monoisotopic (exact) mass is 351 g/mol. The third kappa shape index (κ3) is 4.91. The zero-order valence-corrected chi connectivity index (χ0v) is 13.7. The van der Waals surface area contributed by atoms with E-state index in [0.29, 0.717) is 6.42 Å². The molecule has 1 aromatic carbocycles. The number of nitrogens with zero attached hydrogens (tertiary/aromatic N) is 2. The number of nitro benzene ring substituents is 1. The quantitative estimate of drug-likeness (QED) is 0.503. The van der Waals surface area contributed by atoms with Crippen LogP contribution in [0.15, 0.2) is 30.9 Å². The lowest BCUT2D eigenvalue weighted by Crippen LogP contribution is -2.45. The van der Waals surface area contributed by atoms with Crippen molar-refractivity contribution in [3.63, 3.8) is 0 Å². The highest BCUT2D eigenvalue weighted by atomic mass is 35.5. The van der Waals surface area contributed by atoms with Crippen molar-refractivity contribution in [2.75, 3.05) is 26.2 Å². The maximum absolute atomic E-state index is 13.4. The maximum Gasteiger partial charge on any atom is 0.305 e. The van der Waals surface area contributed by atoms with Gasteiger partial charge in [0.05, 0.1) is 4.92 Å². The molecule has 1 aliphatic heterocycles. The van der Waals surface area contributed by atoms with Crippen LogP contribution in [0.3, 0.4) is 0 Å². The van der Waals surface area contributed by atoms with Crippen LogP contribution in [0.4, 0.5) is 10.1 Å². The summed E-state index contributed by atoms with van der Waals surface area (Å²) in [6.45, 7) is 7.25. The second-order valence-electron chi connectivity index (χ2n) is 4.79. The van der Waals surface area contributed by atoms with E-state index in [4.69, 9.17) is 0 Å². The molecule has 0 bridgehead atoms. The van der Waals surface area contributed by atoms with Crippen molar-refractivity contribution in [1.82, 2.24) is 10.2 Å². The molecule has 1 saturated heterocycles. The van der Waals surface area contributed by atoms with Crippen LogP contribution in [0, 0.1) is 15.9 Å². The molecule has 2 rings (SSSR count). The van der Waals surface area contributed by atoms with Crippen LogP contribution in [-0.2, 0) is 0 Å². The molecular formula is C14H20Cl2FN3O2. The fourth-order valence-corrected chi connectivity index (χ4v) is 2.52. The van der Waals surface area contributed by atoms with Gasteiger partial charge in [0.15, 0.2) is 0 Å². The van der Waals surface area contributed by atoms with Crippen LogP contribution >= 0.6 is 24.8 Å². The Morgan fingerprint density at radius 2 is 2.05 bits per heavy atom. The van der Waals surface area contributed by atoms with Crippen molar-refractivity contribution in [1.29, 1.82) is 0 Å². The Hall–Kier alpha value is -1.21. The van der Waals surface area contributed by atoms with Gasteiger partial charge in [-0.2, -0.15) is 4.39 Å². The number of nitrogens with one attached hydrogen (secondary N) is 1. The van der Waals surface area contributed by atoms with Crippen molar-refractivity contribution >= 4 is 30.5 Å². The predicted molar refractivity (Wildman–Crippen MR) is 89.5 cm³/mol. The summed E-state index contributed by atoms with van der Waals surface area (Å²) in [5, 5.41) is 14.1. The van der Waals surface area contributed by atoms with Gasteiger partial charge >= 0.3 is 5.69 Å². The number of hydrogen-bond donors (Lipinski definition) is 1. The van der Waals surface area contributed by atoms with Gasteiger partial charge in [-0.05, 0) is 18.1 Å². The average Bonchev–Trinajstić information content (AvgIpc) is 2.46. The van der Waals surface area contributed by atoms with E-state index in [2.05, 4.69) is 16.8 Å². The van der Waals surface area contributed by atoms with Crippen molar-refractivity contribution in [3.8, 4) is 0 Å². The smallest absolute Gasteiger partial charge is 0.305 e. The normalized spacial score (nSPS) is 16.0. The highest BCUT2D eigenvalue weighted by molar-refractivity contribution is 5.85. The van der Waals surface area contributed by atoms with Crippen molar-refractivity contribution in [3.05, 3.63) is 52.3 Å². The van der Waals surface area contributed by atoms with Gasteiger partial charge in [0.2, 0.25) is 5.82 Å². The molecule has 1 aromatic rings. The van der Waals surface area contributed by atoms with Gasteiger partial charge in [-0.15, -0.1) is 31.4 Å². The molecule has 1 N–H and O–H groups in total. The van der Waals surface area contributed by atoms with E-state index >= 15 is 0 Å². The van der Waals surface area contributed by atoms with Crippen LogP contribution in [0.1, 0.15) is 18.0 Å². The van der Waals surface area contributed by atoms with Crippen LogP contribution in [0.25, 0.3) is 0 Å². The third-order valence-electron chi connectivity index (χ3n) is 3.53. The third-order valence-corrected chi connectivity index (χ3v) is 3.53. The molecule has 1 heterocycles. The summed E-state index contributed by atoms with van der Waals surface area (Å²) in [7, 11) is 0. The topological polar surface area (TPSA) is 58.4 Å². The number of nitro groups is 1. The molecule has 5 nitrogen and oxygen atoms in total. The van der Waals surface area contributed by atoms with E-state index in [1.165, 1.54) is 12.1 Å². The highest BCUT2D eigenvalue weighted by Crippen LogP contribution is 2.29. The van der Waals surface area contributed by atoms with Crippen LogP contribution < -0.4 is 5.32 Å². The lowest BCUT2D eigenvalue weighted by atomic mass is 10.0. The van der Waals surface area contributed by atoms with E-state index < -0.39 is 16.4 Å². The van der Waals surface area contributed by atoms with Gasteiger partial charge in [0.25, 0.3) is 0 Å². The molecule has 1 atom stereocenters. The Bertz CT molecular complexity index is 511. The minimum absolute atomic E-state index is 0. The molecule has 0 unspecified atom stereocenters. The van der Waals surface area contributed by atoms with Crippen LogP contribution in [-0.4, -0.2) is 36.0 Å². The Morgan fingerprint density at radius 1 is 1.41 bits per heavy atom. The average molecular weight is 352 g/mol. The molecule has 1 aliphatic rings. The van der Waals surface area contributed by atoms with Crippen molar-refractivity contribution in [2.24, 2.45) is 0 Å². The van der Waals surface area contributed by atoms with Crippen LogP contribution in [0.5, 0.6) is 0 Å². The SMILES string of the molecule is C=CC[C@H](c1ccc(F)c([N+](=O)[O-])c1)N1CCNCC1.Cl.Cl. The molecule has 0 saturated carbocycles. The van der Waals surface area contributed by atoms with E-state index in [1.54, 1.807) is 12.1 Å². The standard InChI is InChI=1S/C14H18FN3O2.2ClH/c1-2-3-13(17-8-6-16-7-9-17)11-4-5-12(15)14(10-11)18(19)20;;/h2,4-5,10,13,16H,1,3,6-9H2;2*1H/t13-;;/m1../s1. The first-order chi connectivity index (χ1) is 9.63. The van der Waals surface area contributed by atoms with Crippen LogP contribution in [0.2, 0.25) is 0 Å². The highest BCUT2D eigenvalue weighted by Gasteiger charge is 2.24. The maximum atomic E-state index is 13.4. The second kappa shape index (κ2) is 9.74. The first kappa shape index (κ1) is 20.8. The summed E-state index contributed by atoms with van der Waals surface area (Å²) < 4.78 is 13.4. The van der Waals surface area contributed by atoms with Gasteiger partial charge in [-0.1, -0.05) is 12.1 Å². The summed E-state index contributed by atoms with van der Waals surface area (Å²) in [5.74, 6) is -0.795. The minimum Gasteiger partial charge on any atom is -0.314 e. The molecule has 124 valence electrons. The lowest BCUT2D eigenvalue weighted by molar-refractivity contribution is -0.387. The van der Waals surface area contributed by atoms with E-state index in [9.17, 15) is 14.5 Å². The van der Waals surface area contributed by atoms with Gasteiger partial charge in [-0.25, -0.2) is 0 Å². The summed E-state index contributed by atoms with van der Waals surface area (Å²) in [6, 6.07) is 4.14. The largest absolute Gasteiger partial charge is 0.314 e. The fraction of sp³-hybridized carbons (Fsp3) is 0.429. The van der Waals surface area contributed by atoms with E-state index in [0.717, 1.165) is 31.7 Å². The number of rotatable bonds is 5. The van der Waals surface area contributed by atoms with Gasteiger partial charge in [0.1, 0.15) is 0 Å². The predicted octanol–water partition coefficient (Wildman–Crippen LogP) is 3.10. The molecule has 22 heavy (non-hydrogen) atoms. The zero-order chi connectivity index (χ0) is 14.5. The Labute approximate surface area is 141 Å². The van der Waals surface area contributed by atoms with Gasteiger partial charge < -0.3 is 5.32 Å². The Balaban J connectivity index is 0.00000220. The van der Waals surface area contributed by atoms with Gasteiger partial charge in [0, 0.05) is 38.3 Å². The molecule has 0 amide bonds. The molecule has 0 radical (unpaired) electrons. The number of benzene rings is 1. The van der Waals surface area contributed by atoms with E-state index in [1.807, 2.05) is 0 Å². The molecular weight excluding hydrogens is 332 g/mol. The fourth-order valence-electron chi connectivity index (χ4n) is 2.52. The summed E-state index contributed by atoms with van der Waals surface area (Å²) in [4.78, 5) is 12.4. The molecule has 0 aromatic heterocycles. The first-order valence-electron chi connectivity index (χ1n) is 6.63. The number of hydrogen-bond acceptors (Lipinski definition) is 4. The zero-order valence-electron chi connectivity index (χ0n) is 12.0. The summed E-state index contributed by atoms with van der Waals surface area (Å²) in [5.41, 5.74) is 0.298.